The van der Waals surface area contributed by atoms with Gasteiger partial charge in [0.2, 0.25) is 5.88 Å². The summed E-state index contributed by atoms with van der Waals surface area (Å²) < 4.78 is 7.57. The molecule has 0 aliphatic carbocycles. The number of fused-ring (bicyclic) bond motifs is 1. The fourth-order valence-corrected chi connectivity index (χ4v) is 3.41. The van der Waals surface area contributed by atoms with E-state index in [0.717, 1.165) is 11.3 Å². The van der Waals surface area contributed by atoms with Crippen molar-refractivity contribution in [1.29, 1.82) is 5.26 Å². The van der Waals surface area contributed by atoms with Crippen LogP contribution in [0.4, 0.5) is 5.69 Å². The molecule has 0 aliphatic heterocycles. The van der Waals surface area contributed by atoms with Crippen LogP contribution in [0.5, 0.6) is 11.6 Å². The topological polar surface area (TPSA) is 106 Å². The third-order valence-corrected chi connectivity index (χ3v) is 4.98. The van der Waals surface area contributed by atoms with E-state index < -0.39 is 0 Å². The number of nitrogens with one attached hydrogen (secondary N) is 1. The second-order valence-electron chi connectivity index (χ2n) is 7.73. The fraction of sp³-hybridized carbons (Fsp3) is 0.208. The quantitative estimate of drug-likeness (QED) is 0.484. The van der Waals surface area contributed by atoms with Gasteiger partial charge < -0.3 is 10.1 Å². The first-order valence-electron chi connectivity index (χ1n) is 10.2. The highest BCUT2D eigenvalue weighted by atomic mass is 16.5. The van der Waals surface area contributed by atoms with Gasteiger partial charge in [0, 0.05) is 23.6 Å². The zero-order chi connectivity index (χ0) is 22.8. The largest absolute Gasteiger partial charge is 0.438 e. The first kappa shape index (κ1) is 21.0. The number of pyridine rings is 2. The molecular formula is C24H22N6O2. The molecule has 1 N–H and O–H groups in total. The molecule has 0 atom stereocenters. The lowest BCUT2D eigenvalue weighted by molar-refractivity contribution is 0.102. The SMILES string of the molecule is Cc1cc(C(=O)Nc2ccc(Oc3ncccc3C#N)cc2C)c2cnn(C(C)C)c2n1. The molecule has 4 rings (SSSR count). The summed E-state index contributed by atoms with van der Waals surface area (Å²) in [5.41, 5.74) is 3.77. The Bertz CT molecular complexity index is 1370. The second kappa shape index (κ2) is 8.47. The van der Waals surface area contributed by atoms with E-state index in [1.165, 1.54) is 0 Å². The summed E-state index contributed by atoms with van der Waals surface area (Å²) in [6.07, 6.45) is 3.25. The number of nitrogens with zero attached hydrogens (tertiary/aromatic N) is 5. The van der Waals surface area contributed by atoms with Gasteiger partial charge in [-0.2, -0.15) is 10.4 Å². The average molecular weight is 426 g/mol. The monoisotopic (exact) mass is 426 g/mol. The van der Waals surface area contributed by atoms with Crippen LogP contribution in [0.1, 0.15) is 47.1 Å². The number of amides is 1. The van der Waals surface area contributed by atoms with Gasteiger partial charge in [-0.15, -0.1) is 0 Å². The lowest BCUT2D eigenvalue weighted by Gasteiger charge is -2.12. The maximum Gasteiger partial charge on any atom is 0.256 e. The zero-order valence-electron chi connectivity index (χ0n) is 18.2. The smallest absolute Gasteiger partial charge is 0.256 e. The van der Waals surface area contributed by atoms with Crippen molar-refractivity contribution in [3.8, 4) is 17.7 Å². The second-order valence-corrected chi connectivity index (χ2v) is 7.73. The minimum absolute atomic E-state index is 0.133. The van der Waals surface area contributed by atoms with Gasteiger partial charge in [-0.1, -0.05) is 0 Å². The molecule has 32 heavy (non-hydrogen) atoms. The predicted molar refractivity (Wildman–Crippen MR) is 121 cm³/mol. The van der Waals surface area contributed by atoms with Crippen LogP contribution in [0.2, 0.25) is 0 Å². The molecule has 0 bridgehead atoms. The van der Waals surface area contributed by atoms with Crippen molar-refractivity contribution >= 4 is 22.6 Å². The summed E-state index contributed by atoms with van der Waals surface area (Å²) in [6.45, 7) is 7.77. The van der Waals surface area contributed by atoms with E-state index in [2.05, 4.69) is 26.5 Å². The zero-order valence-corrected chi connectivity index (χ0v) is 18.2. The maximum absolute atomic E-state index is 13.1. The van der Waals surface area contributed by atoms with E-state index in [1.54, 1.807) is 48.8 Å². The maximum atomic E-state index is 13.1. The fourth-order valence-electron chi connectivity index (χ4n) is 3.41. The normalized spacial score (nSPS) is 10.9. The van der Waals surface area contributed by atoms with Gasteiger partial charge in [-0.3, -0.25) is 4.79 Å². The Morgan fingerprint density at radius 3 is 2.75 bits per heavy atom. The first-order chi connectivity index (χ1) is 15.4. The van der Waals surface area contributed by atoms with Crippen LogP contribution in [-0.4, -0.2) is 25.7 Å². The molecule has 4 aromatic rings. The number of carbonyl (C=O) groups excluding carboxylic acids is 1. The Kier molecular flexibility index (Phi) is 5.56. The van der Waals surface area contributed by atoms with Gasteiger partial charge >= 0.3 is 0 Å². The van der Waals surface area contributed by atoms with Crippen LogP contribution in [0.3, 0.4) is 0 Å². The molecule has 0 unspecified atom stereocenters. The van der Waals surface area contributed by atoms with E-state index in [9.17, 15) is 10.1 Å². The van der Waals surface area contributed by atoms with Crippen molar-refractivity contribution in [3.63, 3.8) is 0 Å². The molecule has 8 heteroatoms. The summed E-state index contributed by atoms with van der Waals surface area (Å²) in [6, 6.07) is 12.6. The Morgan fingerprint density at radius 1 is 1.22 bits per heavy atom. The molecule has 3 heterocycles. The predicted octanol–water partition coefficient (Wildman–Crippen LogP) is 4.94. The van der Waals surface area contributed by atoms with Crippen molar-refractivity contribution in [1.82, 2.24) is 19.7 Å². The van der Waals surface area contributed by atoms with E-state index in [0.29, 0.717) is 33.6 Å². The summed E-state index contributed by atoms with van der Waals surface area (Å²) in [4.78, 5) is 21.8. The molecule has 160 valence electrons. The lowest BCUT2D eigenvalue weighted by Crippen LogP contribution is -2.14. The molecule has 0 spiro atoms. The highest BCUT2D eigenvalue weighted by Gasteiger charge is 2.18. The number of ether oxygens (including phenoxy) is 1. The number of aromatic nitrogens is 4. The number of anilines is 1. The third kappa shape index (κ3) is 4.01. The molecule has 0 radical (unpaired) electrons. The third-order valence-electron chi connectivity index (χ3n) is 4.98. The summed E-state index contributed by atoms with van der Waals surface area (Å²) in [7, 11) is 0. The molecule has 3 aromatic heterocycles. The van der Waals surface area contributed by atoms with Crippen LogP contribution in [0.25, 0.3) is 11.0 Å². The molecule has 1 amide bonds. The summed E-state index contributed by atoms with van der Waals surface area (Å²) in [5, 5.41) is 17.3. The number of nitriles is 1. The van der Waals surface area contributed by atoms with E-state index in [1.807, 2.05) is 32.4 Å². The van der Waals surface area contributed by atoms with Crippen LogP contribution in [0, 0.1) is 25.2 Å². The van der Waals surface area contributed by atoms with Crippen LogP contribution in [0.15, 0.2) is 48.8 Å². The number of aryl methyl sites for hydroxylation is 2. The van der Waals surface area contributed by atoms with Gasteiger partial charge in [-0.25, -0.2) is 14.6 Å². The summed E-state index contributed by atoms with van der Waals surface area (Å²) >= 11 is 0. The summed E-state index contributed by atoms with van der Waals surface area (Å²) in [5.74, 6) is 0.524. The van der Waals surface area contributed by atoms with Gasteiger partial charge in [0.05, 0.1) is 17.1 Å². The Hall–Kier alpha value is -4.25. The van der Waals surface area contributed by atoms with Crippen molar-refractivity contribution in [2.75, 3.05) is 5.32 Å². The van der Waals surface area contributed by atoms with Crippen molar-refractivity contribution in [3.05, 3.63) is 71.2 Å². The highest BCUT2D eigenvalue weighted by Crippen LogP contribution is 2.28. The van der Waals surface area contributed by atoms with E-state index in [4.69, 9.17) is 4.74 Å². The molecule has 0 fully saturated rings. The molecule has 0 saturated heterocycles. The average Bonchev–Trinajstić information content (AvgIpc) is 3.19. The van der Waals surface area contributed by atoms with E-state index in [-0.39, 0.29) is 17.8 Å². The number of hydrogen-bond donors (Lipinski definition) is 1. The minimum atomic E-state index is -0.239. The number of rotatable bonds is 5. The Labute approximate surface area is 185 Å². The molecule has 0 aliphatic rings. The van der Waals surface area contributed by atoms with Gasteiger partial charge in [0.15, 0.2) is 5.65 Å². The standard InChI is InChI=1S/C24H22N6O2/c1-14(2)30-22-20(13-27-30)19(11-16(4)28-22)23(31)29-21-8-7-18(10-15(21)3)32-24-17(12-25)6-5-9-26-24/h5-11,13-14H,1-4H3,(H,29,31). The number of carbonyl (C=O) groups is 1. The van der Waals surface area contributed by atoms with Crippen molar-refractivity contribution < 1.29 is 9.53 Å². The van der Waals surface area contributed by atoms with Crippen LogP contribution >= 0.6 is 0 Å². The van der Waals surface area contributed by atoms with Gasteiger partial charge in [0.25, 0.3) is 5.91 Å². The van der Waals surface area contributed by atoms with Crippen LogP contribution in [-0.2, 0) is 0 Å². The van der Waals surface area contributed by atoms with Gasteiger partial charge in [-0.05, 0) is 69.7 Å². The van der Waals surface area contributed by atoms with Crippen LogP contribution < -0.4 is 10.1 Å². The Morgan fingerprint density at radius 2 is 2.03 bits per heavy atom. The number of benzene rings is 1. The lowest BCUT2D eigenvalue weighted by atomic mass is 10.1. The first-order valence-corrected chi connectivity index (χ1v) is 10.2. The van der Waals surface area contributed by atoms with E-state index >= 15 is 0 Å². The molecular weight excluding hydrogens is 404 g/mol. The Balaban J connectivity index is 1.60. The minimum Gasteiger partial charge on any atom is -0.438 e. The molecule has 1 aromatic carbocycles. The van der Waals surface area contributed by atoms with Crippen molar-refractivity contribution in [2.24, 2.45) is 0 Å². The van der Waals surface area contributed by atoms with Crippen molar-refractivity contribution in [2.45, 2.75) is 33.7 Å². The van der Waals surface area contributed by atoms with Gasteiger partial charge in [0.1, 0.15) is 17.4 Å². The highest BCUT2D eigenvalue weighted by molar-refractivity contribution is 6.12. The molecule has 0 saturated carbocycles. The number of hydrogen-bond acceptors (Lipinski definition) is 6. The molecule has 8 nitrogen and oxygen atoms in total.